The van der Waals surface area contributed by atoms with Gasteiger partial charge in [-0.1, -0.05) is 155 Å². The minimum Gasteiger partial charge on any atom is -0.298 e. The molecule has 0 aromatic rings. The van der Waals surface area contributed by atoms with Gasteiger partial charge in [0.25, 0.3) is 0 Å². The van der Waals surface area contributed by atoms with Gasteiger partial charge in [0.2, 0.25) is 0 Å². The highest BCUT2D eigenvalue weighted by Gasteiger charge is 2.71. The van der Waals surface area contributed by atoms with Gasteiger partial charge >= 0.3 is 0 Å². The van der Waals surface area contributed by atoms with E-state index in [9.17, 15) is 4.79 Å². The molecule has 0 radical (unpaired) electrons. The number of ketones is 1. The van der Waals surface area contributed by atoms with Gasteiger partial charge in [-0.3, -0.25) is 4.79 Å². The Morgan fingerprint density at radius 1 is 0.438 bits per heavy atom. The van der Waals surface area contributed by atoms with Crippen molar-refractivity contribution in [2.45, 2.75) is 238 Å². The number of hydrogen-bond donors (Lipinski definition) is 0. The van der Waals surface area contributed by atoms with Crippen molar-refractivity contribution in [2.24, 2.45) is 46.3 Å². The second-order valence-electron chi connectivity index (χ2n) is 18.8. The van der Waals surface area contributed by atoms with Crippen molar-refractivity contribution < 1.29 is 9.18 Å². The highest BCUT2D eigenvalue weighted by atomic mass is 19.1. The lowest BCUT2D eigenvalue weighted by molar-refractivity contribution is -0.194. The number of halogens is 1. The maximum Gasteiger partial charge on any atom is 0.151 e. The van der Waals surface area contributed by atoms with Crippen LogP contribution in [0.1, 0.15) is 232 Å². The molecule has 0 aromatic carbocycles. The fraction of sp³-hybridized carbons (Fsp3) is 0.978. The molecule has 5 saturated carbocycles. The Hall–Kier alpha value is -0.400. The van der Waals surface area contributed by atoms with Gasteiger partial charge in [-0.25, -0.2) is 4.39 Å². The van der Waals surface area contributed by atoms with Crippen molar-refractivity contribution in [2.75, 3.05) is 0 Å². The van der Waals surface area contributed by atoms with Crippen LogP contribution < -0.4 is 0 Å². The molecule has 278 valence electrons. The van der Waals surface area contributed by atoms with Crippen molar-refractivity contribution in [1.29, 1.82) is 0 Å². The monoisotopic (exact) mass is 669 g/mol. The van der Waals surface area contributed by atoms with E-state index in [1.807, 2.05) is 0 Å². The first-order valence-corrected chi connectivity index (χ1v) is 22.7. The molecule has 1 nitrogen and oxygen atoms in total. The Balaban J connectivity index is 0.929. The molecule has 0 aliphatic heterocycles. The number of carbonyl (C=O) groups excluding carboxylic acids is 1. The van der Waals surface area contributed by atoms with Gasteiger partial charge < -0.3 is 0 Å². The molecule has 5 aliphatic carbocycles. The summed E-state index contributed by atoms with van der Waals surface area (Å²) >= 11 is 0. The van der Waals surface area contributed by atoms with E-state index >= 15 is 4.39 Å². The van der Waals surface area contributed by atoms with Crippen LogP contribution in [0.2, 0.25) is 0 Å². The first kappa shape index (κ1) is 38.8. The average Bonchev–Trinajstić information content (AvgIpc) is 3.14. The quantitative estimate of drug-likeness (QED) is 0.118. The summed E-state index contributed by atoms with van der Waals surface area (Å²) in [6.45, 7) is 4.60. The number of unbranched alkanes of at least 4 members (excludes halogenated alkanes) is 14. The Morgan fingerprint density at radius 3 is 1.04 bits per heavy atom. The summed E-state index contributed by atoms with van der Waals surface area (Å²) in [5.74, 6) is 5.54. The summed E-state index contributed by atoms with van der Waals surface area (Å²) in [4.78, 5) is 14.0. The maximum atomic E-state index is 16.4. The number of rotatable bonds is 20. The normalized spacial score (nSPS) is 37.2. The molecule has 5 fully saturated rings. The SMILES string of the molecule is CCCCCCCCCCC1CCC(C2CC[C@]3(CC2)C(=O)[C@@]2(CCC(C4CCC(CCCCCCCCCC)CC4)CC2)[C@H]3F)CC1. The van der Waals surface area contributed by atoms with E-state index in [-0.39, 0.29) is 0 Å². The largest absolute Gasteiger partial charge is 0.298 e. The van der Waals surface area contributed by atoms with Gasteiger partial charge in [0.1, 0.15) is 6.17 Å². The van der Waals surface area contributed by atoms with Crippen LogP contribution in [-0.2, 0) is 4.79 Å². The molecule has 0 bridgehead atoms. The topological polar surface area (TPSA) is 17.1 Å². The van der Waals surface area contributed by atoms with Crippen molar-refractivity contribution >= 4 is 5.78 Å². The summed E-state index contributed by atoms with van der Waals surface area (Å²) in [7, 11) is 0. The summed E-state index contributed by atoms with van der Waals surface area (Å²) < 4.78 is 16.4. The van der Waals surface area contributed by atoms with Crippen LogP contribution in [-0.4, -0.2) is 12.0 Å². The predicted molar refractivity (Wildman–Crippen MR) is 204 cm³/mol. The molecular weight excluding hydrogens is 588 g/mol. The third-order valence-corrected chi connectivity index (χ3v) is 15.8. The molecule has 2 heteroatoms. The zero-order chi connectivity index (χ0) is 33.7. The zero-order valence-electron chi connectivity index (χ0n) is 32.4. The van der Waals surface area contributed by atoms with E-state index in [1.165, 1.54) is 167 Å². The Bertz CT molecular complexity index is 808. The van der Waals surface area contributed by atoms with Crippen molar-refractivity contribution in [3.63, 3.8) is 0 Å². The first-order chi connectivity index (χ1) is 23.5. The Morgan fingerprint density at radius 2 is 0.729 bits per heavy atom. The Labute approximate surface area is 298 Å². The maximum absolute atomic E-state index is 16.4. The first-order valence-electron chi connectivity index (χ1n) is 22.7. The standard InChI is InChI=1S/C46H81FO/c1-3-5-7-9-11-13-15-17-19-37-21-25-39(26-22-37)41-29-33-45(34-30-41)43(47)46(44(45)48)35-31-42(32-36-46)40-27-23-38(24-28-40)20-18-16-14-12-10-8-6-4-2/h37-43H,3-36H2,1-2H3/t37?,38?,39?,40?,41?,42?,43?,45-,46-. The number of alkyl halides is 1. The van der Waals surface area contributed by atoms with E-state index in [4.69, 9.17) is 0 Å². The molecule has 0 amide bonds. The van der Waals surface area contributed by atoms with Crippen LogP contribution in [0, 0.1) is 46.3 Å². The molecule has 5 rings (SSSR count). The zero-order valence-corrected chi connectivity index (χ0v) is 32.4. The average molecular weight is 669 g/mol. The second-order valence-corrected chi connectivity index (χ2v) is 18.8. The van der Waals surface area contributed by atoms with Crippen LogP contribution in [0.4, 0.5) is 4.39 Å². The van der Waals surface area contributed by atoms with Gasteiger partial charge in [0, 0.05) is 0 Å². The van der Waals surface area contributed by atoms with Crippen LogP contribution >= 0.6 is 0 Å². The van der Waals surface area contributed by atoms with E-state index in [0.717, 1.165) is 86.9 Å². The predicted octanol–water partition coefficient (Wildman–Crippen LogP) is 14.9. The number of hydrogen-bond acceptors (Lipinski definition) is 1. The third-order valence-electron chi connectivity index (χ3n) is 15.8. The van der Waals surface area contributed by atoms with Crippen molar-refractivity contribution in [3.8, 4) is 0 Å². The van der Waals surface area contributed by atoms with Crippen LogP contribution in [0.3, 0.4) is 0 Å². The summed E-state index contributed by atoms with van der Waals surface area (Å²) in [5, 5.41) is 0. The van der Waals surface area contributed by atoms with Crippen molar-refractivity contribution in [1.82, 2.24) is 0 Å². The third kappa shape index (κ3) is 9.92. The second kappa shape index (κ2) is 20.0. The number of Topliss-reactive ketones (excluding diaryl/α,β-unsaturated/α-hetero) is 1. The minimum atomic E-state index is -0.843. The molecular formula is C46H81FO. The smallest absolute Gasteiger partial charge is 0.151 e. The van der Waals surface area contributed by atoms with Gasteiger partial charge in [0.15, 0.2) is 5.78 Å². The van der Waals surface area contributed by atoms with Gasteiger partial charge in [-0.15, -0.1) is 0 Å². The summed E-state index contributed by atoms with van der Waals surface area (Å²) in [6, 6.07) is 0. The fourth-order valence-corrected chi connectivity index (χ4v) is 12.4. The van der Waals surface area contributed by atoms with Gasteiger partial charge in [0.05, 0.1) is 10.8 Å². The van der Waals surface area contributed by atoms with Gasteiger partial charge in [-0.2, -0.15) is 0 Å². The van der Waals surface area contributed by atoms with Crippen molar-refractivity contribution in [3.05, 3.63) is 0 Å². The molecule has 5 aliphatic rings. The molecule has 0 saturated heterocycles. The summed E-state index contributed by atoms with van der Waals surface area (Å²) in [5.41, 5.74) is -1.16. The van der Waals surface area contributed by atoms with Crippen LogP contribution in [0.5, 0.6) is 0 Å². The van der Waals surface area contributed by atoms with E-state index in [2.05, 4.69) is 13.8 Å². The van der Waals surface area contributed by atoms with E-state index in [1.54, 1.807) is 0 Å². The number of carbonyl (C=O) groups is 1. The molecule has 0 heterocycles. The lowest BCUT2D eigenvalue weighted by atomic mass is 9.41. The molecule has 0 N–H and O–H groups in total. The lowest BCUT2D eigenvalue weighted by Crippen LogP contribution is -2.69. The van der Waals surface area contributed by atoms with E-state index in [0.29, 0.717) is 5.78 Å². The minimum absolute atomic E-state index is 0.391. The molecule has 48 heavy (non-hydrogen) atoms. The molecule has 0 unspecified atom stereocenters. The summed E-state index contributed by atoms with van der Waals surface area (Å²) in [6.07, 6.45) is 44.2. The van der Waals surface area contributed by atoms with E-state index < -0.39 is 17.0 Å². The lowest BCUT2D eigenvalue weighted by Gasteiger charge is -2.62. The highest BCUT2D eigenvalue weighted by Crippen LogP contribution is 2.66. The highest BCUT2D eigenvalue weighted by molar-refractivity contribution is 5.98. The molecule has 0 atom stereocenters. The van der Waals surface area contributed by atoms with Crippen LogP contribution in [0.15, 0.2) is 0 Å². The van der Waals surface area contributed by atoms with Crippen LogP contribution in [0.25, 0.3) is 0 Å². The van der Waals surface area contributed by atoms with Gasteiger partial charge in [-0.05, 0) is 113 Å². The molecule has 0 aromatic heterocycles. The fourth-order valence-electron chi connectivity index (χ4n) is 12.4. The Kier molecular flexibility index (Phi) is 16.2. The molecule has 2 spiro atoms.